The second kappa shape index (κ2) is 8.59. The van der Waals surface area contributed by atoms with Crippen LogP contribution in [0, 0.1) is 6.92 Å². The van der Waals surface area contributed by atoms with Crippen molar-refractivity contribution in [3.63, 3.8) is 0 Å². The normalized spacial score (nSPS) is 14.9. The number of aryl methyl sites for hydroxylation is 1. The number of halogens is 1. The van der Waals surface area contributed by atoms with Gasteiger partial charge in [0.15, 0.2) is 11.4 Å². The van der Waals surface area contributed by atoms with Gasteiger partial charge in [-0.15, -0.1) is 10.2 Å². The van der Waals surface area contributed by atoms with Crippen LogP contribution in [0.2, 0.25) is 5.02 Å². The maximum absolute atomic E-state index is 14.0. The Morgan fingerprint density at radius 2 is 1.81 bits per heavy atom. The number of nitrogens with zero attached hydrogens (tertiary/aromatic N) is 7. The summed E-state index contributed by atoms with van der Waals surface area (Å²) in [5.74, 6) is 2.09. The molecule has 0 spiro atoms. The number of aromatic nitrogens is 6. The Hall–Kier alpha value is -4.44. The fourth-order valence-electron chi connectivity index (χ4n) is 4.79. The SMILES string of the molecule is COc1ccc(-c2nc3c(n2C)C(c2ccc(Cl)cc2)N(c2cc(OC)c4nnc(C)n4c2)C3=O)cn1. The topological polar surface area (TPSA) is 99.7 Å². The van der Waals surface area contributed by atoms with Crippen LogP contribution in [0.5, 0.6) is 11.6 Å². The molecule has 0 radical (unpaired) electrons. The Morgan fingerprint density at radius 1 is 1.03 bits per heavy atom. The molecule has 0 N–H and O–H groups in total. The van der Waals surface area contributed by atoms with Gasteiger partial charge >= 0.3 is 0 Å². The van der Waals surface area contributed by atoms with Crippen molar-refractivity contribution < 1.29 is 14.3 Å². The molecule has 0 bridgehead atoms. The Morgan fingerprint density at radius 3 is 2.49 bits per heavy atom. The van der Waals surface area contributed by atoms with Crippen LogP contribution in [0.4, 0.5) is 5.69 Å². The predicted molar refractivity (Wildman–Crippen MR) is 137 cm³/mol. The lowest BCUT2D eigenvalue weighted by Gasteiger charge is -2.27. The third-order valence-corrected chi connectivity index (χ3v) is 6.84. The molecule has 1 unspecified atom stereocenters. The third kappa shape index (κ3) is 3.52. The van der Waals surface area contributed by atoms with Gasteiger partial charge in [-0.2, -0.15) is 0 Å². The molecule has 1 aliphatic rings. The summed E-state index contributed by atoms with van der Waals surface area (Å²) in [5.41, 5.74) is 3.99. The number of ether oxygens (including phenoxy) is 2. The molecule has 5 aromatic rings. The first-order valence-electron chi connectivity index (χ1n) is 11.5. The lowest BCUT2D eigenvalue weighted by atomic mass is 10.0. The van der Waals surface area contributed by atoms with Gasteiger partial charge in [0, 0.05) is 42.2 Å². The van der Waals surface area contributed by atoms with E-state index in [0.29, 0.717) is 45.3 Å². The monoisotopic (exact) mass is 515 g/mol. The molecule has 4 aromatic heterocycles. The summed E-state index contributed by atoms with van der Waals surface area (Å²) in [6.45, 7) is 1.84. The number of anilines is 1. The van der Waals surface area contributed by atoms with E-state index in [-0.39, 0.29) is 5.91 Å². The van der Waals surface area contributed by atoms with Gasteiger partial charge in [-0.1, -0.05) is 23.7 Å². The third-order valence-electron chi connectivity index (χ3n) is 6.59. The number of imidazole rings is 1. The molecule has 0 fully saturated rings. The number of benzene rings is 1. The Kier molecular flexibility index (Phi) is 5.34. The molecule has 1 aliphatic heterocycles. The summed E-state index contributed by atoms with van der Waals surface area (Å²) in [6, 6.07) is 12.4. The van der Waals surface area contributed by atoms with Crippen LogP contribution in [0.3, 0.4) is 0 Å². The quantitative estimate of drug-likeness (QED) is 0.345. The minimum atomic E-state index is -0.462. The average molecular weight is 516 g/mol. The largest absolute Gasteiger partial charge is 0.493 e. The van der Waals surface area contributed by atoms with E-state index in [1.807, 2.05) is 59.5 Å². The van der Waals surface area contributed by atoms with Crippen molar-refractivity contribution in [3.05, 3.63) is 82.7 Å². The van der Waals surface area contributed by atoms with E-state index in [4.69, 9.17) is 26.1 Å². The molecule has 37 heavy (non-hydrogen) atoms. The second-order valence-corrected chi connectivity index (χ2v) is 9.09. The zero-order chi connectivity index (χ0) is 25.8. The van der Waals surface area contributed by atoms with Crippen LogP contribution in [0.25, 0.3) is 17.0 Å². The number of hydrogen-bond acceptors (Lipinski definition) is 7. The van der Waals surface area contributed by atoms with Gasteiger partial charge in [-0.05, 0) is 30.7 Å². The zero-order valence-corrected chi connectivity index (χ0v) is 21.3. The van der Waals surface area contributed by atoms with Crippen LogP contribution >= 0.6 is 11.6 Å². The first kappa shape index (κ1) is 23.0. The molecule has 1 amide bonds. The molecule has 0 saturated carbocycles. The van der Waals surface area contributed by atoms with Gasteiger partial charge in [0.05, 0.1) is 25.6 Å². The molecule has 1 aromatic carbocycles. The van der Waals surface area contributed by atoms with Crippen LogP contribution in [0.15, 0.2) is 54.9 Å². The molecule has 10 nitrogen and oxygen atoms in total. The van der Waals surface area contributed by atoms with Crippen molar-refractivity contribution in [2.45, 2.75) is 13.0 Å². The average Bonchev–Trinajstić information content (AvgIpc) is 3.55. The Bertz CT molecular complexity index is 1660. The van der Waals surface area contributed by atoms with Gasteiger partial charge in [0.25, 0.3) is 5.91 Å². The molecule has 11 heteroatoms. The van der Waals surface area contributed by atoms with Crippen molar-refractivity contribution in [1.29, 1.82) is 0 Å². The number of amides is 1. The van der Waals surface area contributed by atoms with Gasteiger partial charge < -0.3 is 14.0 Å². The molecule has 0 aliphatic carbocycles. The lowest BCUT2D eigenvalue weighted by molar-refractivity contribution is 0.0989. The smallest absolute Gasteiger partial charge is 0.279 e. The van der Waals surface area contributed by atoms with E-state index in [9.17, 15) is 4.79 Å². The number of carbonyl (C=O) groups is 1. The summed E-state index contributed by atoms with van der Waals surface area (Å²) >= 11 is 6.20. The standard InChI is InChI=1S/C26H22ClN7O3/c1-14-30-31-25-19(36-3)11-18(13-33(14)25)34-22(15-5-8-17(27)9-6-15)23-21(26(34)35)29-24(32(23)2)16-7-10-20(37-4)28-12-16/h5-13,22H,1-4H3. The number of rotatable bonds is 5. The van der Waals surface area contributed by atoms with E-state index in [1.54, 1.807) is 37.4 Å². The number of carbonyl (C=O) groups excluding carboxylic acids is 1. The predicted octanol–water partition coefficient (Wildman–Crippen LogP) is 4.25. The van der Waals surface area contributed by atoms with Crippen LogP contribution < -0.4 is 14.4 Å². The molecule has 186 valence electrons. The Labute approximate surface area is 217 Å². The van der Waals surface area contributed by atoms with Crippen molar-refractivity contribution in [2.24, 2.45) is 7.05 Å². The molecule has 0 saturated heterocycles. The fourth-order valence-corrected chi connectivity index (χ4v) is 4.91. The maximum atomic E-state index is 14.0. The summed E-state index contributed by atoms with van der Waals surface area (Å²) in [6.07, 6.45) is 3.53. The number of pyridine rings is 2. The van der Waals surface area contributed by atoms with Gasteiger partial charge in [-0.3, -0.25) is 14.1 Å². The number of methoxy groups -OCH3 is 2. The highest BCUT2D eigenvalue weighted by Gasteiger charge is 2.44. The fraction of sp³-hybridized carbons (Fsp3) is 0.192. The van der Waals surface area contributed by atoms with E-state index in [0.717, 1.165) is 16.8 Å². The first-order chi connectivity index (χ1) is 17.9. The highest BCUT2D eigenvalue weighted by Crippen LogP contribution is 2.44. The van der Waals surface area contributed by atoms with Gasteiger partial charge in [0.2, 0.25) is 11.5 Å². The van der Waals surface area contributed by atoms with E-state index in [2.05, 4.69) is 15.2 Å². The van der Waals surface area contributed by atoms with Crippen molar-refractivity contribution >= 4 is 28.8 Å². The molecule has 6 rings (SSSR count). The van der Waals surface area contributed by atoms with Crippen molar-refractivity contribution in [1.82, 2.24) is 29.1 Å². The lowest BCUT2D eigenvalue weighted by Crippen LogP contribution is -2.30. The summed E-state index contributed by atoms with van der Waals surface area (Å²) in [4.78, 5) is 24.8. The highest BCUT2D eigenvalue weighted by molar-refractivity contribution is 6.30. The van der Waals surface area contributed by atoms with Gasteiger partial charge in [-0.25, -0.2) is 9.97 Å². The van der Waals surface area contributed by atoms with Crippen LogP contribution in [-0.4, -0.2) is 49.3 Å². The van der Waals surface area contributed by atoms with Gasteiger partial charge in [0.1, 0.15) is 17.7 Å². The highest BCUT2D eigenvalue weighted by atomic mass is 35.5. The van der Waals surface area contributed by atoms with Crippen LogP contribution in [-0.2, 0) is 7.05 Å². The zero-order valence-electron chi connectivity index (χ0n) is 20.5. The first-order valence-corrected chi connectivity index (χ1v) is 11.8. The summed E-state index contributed by atoms with van der Waals surface area (Å²) < 4.78 is 14.5. The van der Waals surface area contributed by atoms with Crippen molar-refractivity contribution in [2.75, 3.05) is 19.1 Å². The number of hydrogen-bond donors (Lipinski definition) is 0. The maximum Gasteiger partial charge on any atom is 0.279 e. The van der Waals surface area contributed by atoms with E-state index < -0.39 is 6.04 Å². The molecular weight excluding hydrogens is 494 g/mol. The van der Waals surface area contributed by atoms with Crippen LogP contribution in [0.1, 0.15) is 33.6 Å². The summed E-state index contributed by atoms with van der Waals surface area (Å²) in [5, 5.41) is 8.97. The second-order valence-electron chi connectivity index (χ2n) is 8.65. The Balaban J connectivity index is 1.55. The minimum Gasteiger partial charge on any atom is -0.493 e. The summed E-state index contributed by atoms with van der Waals surface area (Å²) in [7, 11) is 5.03. The molecule has 5 heterocycles. The molecule has 1 atom stereocenters. The van der Waals surface area contributed by atoms with E-state index >= 15 is 0 Å². The van der Waals surface area contributed by atoms with Crippen molar-refractivity contribution in [3.8, 4) is 23.0 Å². The number of fused-ring (bicyclic) bond motifs is 2. The molecular formula is C26H22ClN7O3. The van der Waals surface area contributed by atoms with E-state index in [1.165, 1.54) is 0 Å². The minimum absolute atomic E-state index is 0.231.